The van der Waals surface area contributed by atoms with Crippen molar-refractivity contribution in [2.45, 2.75) is 69.6 Å². The van der Waals surface area contributed by atoms with Crippen LogP contribution in [-0.4, -0.2) is 40.8 Å². The molecule has 0 unspecified atom stereocenters. The van der Waals surface area contributed by atoms with Crippen molar-refractivity contribution in [2.24, 2.45) is 23.7 Å². The van der Waals surface area contributed by atoms with Crippen LogP contribution in [0, 0.1) is 23.7 Å². The molecule has 2 aliphatic heterocycles. The minimum absolute atomic E-state index is 0.0159. The highest BCUT2D eigenvalue weighted by Gasteiger charge is 2.58. The number of nitrogens with one attached hydrogen (secondary N) is 1. The van der Waals surface area contributed by atoms with E-state index in [9.17, 15) is 14.4 Å². The lowest BCUT2D eigenvalue weighted by atomic mass is 9.59. The summed E-state index contributed by atoms with van der Waals surface area (Å²) in [6, 6.07) is 7.52. The molecule has 1 aromatic carbocycles. The van der Waals surface area contributed by atoms with E-state index in [1.807, 2.05) is 18.2 Å². The molecule has 7 rings (SSSR count). The Balaban J connectivity index is 1.23. The van der Waals surface area contributed by atoms with Gasteiger partial charge in [-0.25, -0.2) is 0 Å². The van der Waals surface area contributed by atoms with Crippen LogP contribution in [0.2, 0.25) is 0 Å². The average Bonchev–Trinajstić information content (AvgIpc) is 2.79. The van der Waals surface area contributed by atoms with Gasteiger partial charge in [0.15, 0.2) is 5.72 Å². The van der Waals surface area contributed by atoms with Crippen LogP contribution in [0.15, 0.2) is 24.3 Å². The lowest BCUT2D eigenvalue weighted by Crippen LogP contribution is -2.67. The van der Waals surface area contributed by atoms with Gasteiger partial charge < -0.3 is 15.0 Å². The standard InChI is InChI=1S/C25H30N2O4/c28-21-11-12-27(20-7-3-1-5-17(20)21)24(30)19-13-16-10-9-15(19)14-25(16)26-23(29)18-6-2-4-8-22(18)31-25/h2,4,6,8,15-17,19-20H,1,3,5,7,9-14H2,(H,26,29)/t15-,16+,17-,19-,20-,25+/m0/s1. The molecule has 1 N–H and O–H groups in total. The van der Waals surface area contributed by atoms with Crippen LogP contribution in [0.5, 0.6) is 5.75 Å². The van der Waals surface area contributed by atoms with Gasteiger partial charge in [-0.3, -0.25) is 14.4 Å². The number of ketones is 1. The molecule has 0 radical (unpaired) electrons. The van der Waals surface area contributed by atoms with E-state index < -0.39 is 5.72 Å². The number of likely N-dealkylation sites (tertiary alicyclic amines) is 1. The molecule has 4 aliphatic carbocycles. The highest BCUT2D eigenvalue weighted by molar-refractivity contribution is 5.98. The van der Waals surface area contributed by atoms with Crippen LogP contribution < -0.4 is 10.1 Å². The summed E-state index contributed by atoms with van der Waals surface area (Å²) in [5.41, 5.74) is -0.0976. The Morgan fingerprint density at radius 1 is 1.10 bits per heavy atom. The quantitative estimate of drug-likeness (QED) is 0.754. The second kappa shape index (κ2) is 7.07. The predicted molar refractivity (Wildman–Crippen MR) is 113 cm³/mol. The Labute approximate surface area is 182 Å². The van der Waals surface area contributed by atoms with Gasteiger partial charge in [0.05, 0.1) is 5.56 Å². The molecule has 1 saturated heterocycles. The molecule has 31 heavy (non-hydrogen) atoms. The second-order valence-corrected chi connectivity index (χ2v) is 10.2. The van der Waals surface area contributed by atoms with Crippen molar-refractivity contribution in [1.29, 1.82) is 0 Å². The highest BCUT2D eigenvalue weighted by atomic mass is 16.5. The topological polar surface area (TPSA) is 75.7 Å². The molecule has 1 aromatic rings. The molecule has 164 valence electrons. The van der Waals surface area contributed by atoms with E-state index in [0.29, 0.717) is 36.5 Å². The van der Waals surface area contributed by atoms with Gasteiger partial charge in [0.1, 0.15) is 11.5 Å². The number of piperidine rings is 1. The average molecular weight is 423 g/mol. The van der Waals surface area contributed by atoms with Crippen molar-refractivity contribution in [2.75, 3.05) is 6.54 Å². The number of rotatable bonds is 1. The van der Waals surface area contributed by atoms with E-state index in [0.717, 1.165) is 44.9 Å². The number of Topliss-reactive ketones (excluding diaryl/α,β-unsaturated/α-hetero) is 1. The number of hydrogen-bond donors (Lipinski definition) is 1. The molecule has 5 fully saturated rings. The molecule has 4 saturated carbocycles. The summed E-state index contributed by atoms with van der Waals surface area (Å²) in [6.45, 7) is 0.582. The van der Waals surface area contributed by atoms with E-state index in [-0.39, 0.29) is 41.5 Å². The Bertz CT molecular complexity index is 945. The summed E-state index contributed by atoms with van der Waals surface area (Å²) in [4.78, 5) is 41.0. The fraction of sp³-hybridized carbons (Fsp3) is 0.640. The number of benzene rings is 1. The number of para-hydroxylation sites is 1. The van der Waals surface area contributed by atoms with E-state index in [1.165, 1.54) is 0 Å². The lowest BCUT2D eigenvalue weighted by molar-refractivity contribution is -0.162. The molecule has 6 nitrogen and oxygen atoms in total. The van der Waals surface area contributed by atoms with E-state index >= 15 is 0 Å². The van der Waals surface area contributed by atoms with Gasteiger partial charge in [0.25, 0.3) is 5.91 Å². The van der Waals surface area contributed by atoms with E-state index in [2.05, 4.69) is 10.2 Å². The summed E-state index contributed by atoms with van der Waals surface area (Å²) in [5.74, 6) is 1.57. The molecular weight excluding hydrogens is 392 g/mol. The van der Waals surface area contributed by atoms with Crippen molar-refractivity contribution in [3.8, 4) is 5.75 Å². The zero-order chi connectivity index (χ0) is 21.2. The first-order valence-corrected chi connectivity index (χ1v) is 12.0. The maximum absolute atomic E-state index is 13.7. The van der Waals surface area contributed by atoms with Gasteiger partial charge in [0, 0.05) is 43.2 Å². The van der Waals surface area contributed by atoms with Crippen LogP contribution in [0.3, 0.4) is 0 Å². The first-order chi connectivity index (χ1) is 15.1. The minimum atomic E-state index is -0.684. The van der Waals surface area contributed by atoms with Crippen molar-refractivity contribution in [3.05, 3.63) is 29.8 Å². The van der Waals surface area contributed by atoms with Crippen molar-refractivity contribution in [3.63, 3.8) is 0 Å². The van der Waals surface area contributed by atoms with Crippen molar-refractivity contribution in [1.82, 2.24) is 10.2 Å². The maximum Gasteiger partial charge on any atom is 0.258 e. The third-order valence-corrected chi connectivity index (χ3v) is 8.71. The lowest BCUT2D eigenvalue weighted by Gasteiger charge is -2.56. The minimum Gasteiger partial charge on any atom is -0.467 e. The zero-order valence-electron chi connectivity index (χ0n) is 17.8. The molecule has 2 bridgehead atoms. The smallest absolute Gasteiger partial charge is 0.258 e. The highest BCUT2D eigenvalue weighted by Crippen LogP contribution is 2.53. The van der Waals surface area contributed by atoms with Gasteiger partial charge >= 0.3 is 0 Å². The monoisotopic (exact) mass is 422 g/mol. The molecule has 1 spiro atoms. The molecule has 6 heteroatoms. The fourth-order valence-electron chi connectivity index (χ4n) is 7.19. The summed E-state index contributed by atoms with van der Waals surface area (Å²) in [7, 11) is 0. The predicted octanol–water partition coefficient (Wildman–Crippen LogP) is 3.30. The SMILES string of the molecule is O=C1N[C@]2(C[C@@H]3CC[C@@H]2C[C@@H]3C(=O)N2CCC(=O)[C@H]3CCCC[C@@H]32)Oc2ccccc21. The Morgan fingerprint density at radius 3 is 2.77 bits per heavy atom. The molecule has 0 aromatic heterocycles. The second-order valence-electron chi connectivity index (χ2n) is 10.2. The van der Waals surface area contributed by atoms with Gasteiger partial charge in [0.2, 0.25) is 5.91 Å². The largest absolute Gasteiger partial charge is 0.467 e. The van der Waals surface area contributed by atoms with Gasteiger partial charge in [-0.2, -0.15) is 0 Å². The van der Waals surface area contributed by atoms with E-state index in [4.69, 9.17) is 4.74 Å². The number of amides is 2. The van der Waals surface area contributed by atoms with Crippen LogP contribution in [0.25, 0.3) is 0 Å². The number of ether oxygens (including phenoxy) is 1. The van der Waals surface area contributed by atoms with Gasteiger partial charge in [-0.1, -0.05) is 25.0 Å². The molecule has 2 amide bonds. The number of nitrogens with zero attached hydrogens (tertiary/aromatic N) is 1. The van der Waals surface area contributed by atoms with Crippen molar-refractivity contribution >= 4 is 17.6 Å². The Hall–Kier alpha value is -2.37. The Kier molecular flexibility index (Phi) is 4.41. The molecule has 2 heterocycles. The third kappa shape index (κ3) is 2.94. The first-order valence-electron chi connectivity index (χ1n) is 12.0. The molecule has 6 aliphatic rings. The zero-order valence-corrected chi connectivity index (χ0v) is 17.8. The number of hydrogen-bond acceptors (Lipinski definition) is 4. The van der Waals surface area contributed by atoms with Gasteiger partial charge in [-0.05, 0) is 50.2 Å². The van der Waals surface area contributed by atoms with Crippen LogP contribution >= 0.6 is 0 Å². The van der Waals surface area contributed by atoms with Crippen LogP contribution in [0.4, 0.5) is 0 Å². The number of carbonyl (C=O) groups is 3. The Morgan fingerprint density at radius 2 is 1.94 bits per heavy atom. The number of carbonyl (C=O) groups excluding carboxylic acids is 3. The summed E-state index contributed by atoms with van der Waals surface area (Å²) in [5, 5.41) is 3.18. The van der Waals surface area contributed by atoms with Gasteiger partial charge in [-0.15, -0.1) is 0 Å². The molecule has 6 atom stereocenters. The third-order valence-electron chi connectivity index (χ3n) is 8.71. The maximum atomic E-state index is 13.7. The van der Waals surface area contributed by atoms with Crippen LogP contribution in [0.1, 0.15) is 68.1 Å². The number of fused-ring (bicyclic) bond motifs is 4. The summed E-state index contributed by atoms with van der Waals surface area (Å²) in [6.07, 6.45) is 8.04. The van der Waals surface area contributed by atoms with Crippen molar-refractivity contribution < 1.29 is 19.1 Å². The normalized spacial score (nSPS) is 38.8. The molecular formula is C25H30N2O4. The first kappa shape index (κ1) is 19.3. The van der Waals surface area contributed by atoms with Crippen LogP contribution in [-0.2, 0) is 9.59 Å². The summed E-state index contributed by atoms with van der Waals surface area (Å²) < 4.78 is 6.44. The van der Waals surface area contributed by atoms with E-state index in [1.54, 1.807) is 6.07 Å². The summed E-state index contributed by atoms with van der Waals surface area (Å²) >= 11 is 0. The fourth-order valence-corrected chi connectivity index (χ4v) is 7.19.